The third-order valence-electron chi connectivity index (χ3n) is 3.59. The average Bonchev–Trinajstić information content (AvgIpc) is 2.97. The van der Waals surface area contributed by atoms with E-state index in [2.05, 4.69) is 23.3 Å². The number of amides is 1. The fourth-order valence-corrected chi connectivity index (χ4v) is 3.15. The molecule has 0 saturated carbocycles. The van der Waals surface area contributed by atoms with Crippen molar-refractivity contribution in [1.82, 2.24) is 4.98 Å². The topological polar surface area (TPSA) is 51.2 Å². The number of fused-ring (bicyclic) bond motifs is 1. The first-order valence-corrected chi connectivity index (χ1v) is 8.49. The molecule has 0 aliphatic rings. The molecule has 1 unspecified atom stereocenters. The lowest BCUT2D eigenvalue weighted by molar-refractivity contribution is -0.122. The third-order valence-corrected chi connectivity index (χ3v) is 4.52. The van der Waals surface area contributed by atoms with Crippen molar-refractivity contribution in [1.29, 1.82) is 0 Å². The maximum absolute atomic E-state index is 12.9. The van der Waals surface area contributed by atoms with Gasteiger partial charge >= 0.3 is 0 Å². The number of nitrogens with zero attached hydrogens (tertiary/aromatic N) is 1. The Hall–Kier alpha value is -2.47. The van der Waals surface area contributed by atoms with E-state index in [1.807, 2.05) is 12.1 Å². The number of hydrogen-bond acceptors (Lipinski definition) is 4. The zero-order valence-corrected chi connectivity index (χ0v) is 14.2. The summed E-state index contributed by atoms with van der Waals surface area (Å²) in [4.78, 5) is 16.7. The largest absolute Gasteiger partial charge is 0.481 e. The lowest BCUT2D eigenvalue weighted by Gasteiger charge is -2.13. The van der Waals surface area contributed by atoms with Crippen LogP contribution in [-0.4, -0.2) is 17.0 Å². The first-order chi connectivity index (χ1) is 11.5. The molecule has 1 heterocycles. The Balaban J connectivity index is 1.68. The van der Waals surface area contributed by atoms with E-state index in [1.54, 1.807) is 6.92 Å². The van der Waals surface area contributed by atoms with Crippen LogP contribution in [0.5, 0.6) is 5.75 Å². The van der Waals surface area contributed by atoms with Gasteiger partial charge in [-0.15, -0.1) is 0 Å². The average molecular weight is 344 g/mol. The van der Waals surface area contributed by atoms with Crippen LogP contribution in [0.1, 0.15) is 19.4 Å². The summed E-state index contributed by atoms with van der Waals surface area (Å²) in [7, 11) is 0. The van der Waals surface area contributed by atoms with Gasteiger partial charge in [-0.25, -0.2) is 9.37 Å². The van der Waals surface area contributed by atoms with Crippen LogP contribution < -0.4 is 10.1 Å². The van der Waals surface area contributed by atoms with Crippen LogP contribution >= 0.6 is 11.3 Å². The summed E-state index contributed by atoms with van der Waals surface area (Å²) >= 11 is 1.43. The van der Waals surface area contributed by atoms with Crippen molar-refractivity contribution < 1.29 is 13.9 Å². The van der Waals surface area contributed by atoms with Gasteiger partial charge in [-0.3, -0.25) is 10.1 Å². The predicted octanol–water partition coefficient (Wildman–Crippen LogP) is 4.40. The summed E-state index contributed by atoms with van der Waals surface area (Å²) in [6.07, 6.45) is 0.242. The van der Waals surface area contributed by atoms with Crippen LogP contribution in [0.2, 0.25) is 0 Å². The molecule has 0 fully saturated rings. The van der Waals surface area contributed by atoms with Gasteiger partial charge in [0, 0.05) is 0 Å². The SMILES string of the molecule is CCc1ccc2nc(NC(=O)C(C)Oc3ccc(F)cc3)sc2c1. The highest BCUT2D eigenvalue weighted by Crippen LogP contribution is 2.27. The Morgan fingerprint density at radius 3 is 2.75 bits per heavy atom. The van der Waals surface area contributed by atoms with E-state index in [4.69, 9.17) is 4.74 Å². The van der Waals surface area contributed by atoms with Crippen LogP contribution in [-0.2, 0) is 11.2 Å². The Morgan fingerprint density at radius 1 is 1.29 bits per heavy atom. The smallest absolute Gasteiger partial charge is 0.266 e. The third kappa shape index (κ3) is 3.71. The summed E-state index contributed by atoms with van der Waals surface area (Å²) < 4.78 is 19.4. The molecule has 3 aromatic rings. The Bertz CT molecular complexity index is 861. The maximum Gasteiger partial charge on any atom is 0.266 e. The molecule has 0 spiro atoms. The summed E-state index contributed by atoms with van der Waals surface area (Å²) in [5.41, 5.74) is 2.09. The molecule has 4 nitrogen and oxygen atoms in total. The molecule has 1 amide bonds. The molecule has 0 aliphatic carbocycles. The van der Waals surface area contributed by atoms with E-state index >= 15 is 0 Å². The van der Waals surface area contributed by atoms with E-state index in [-0.39, 0.29) is 11.7 Å². The number of halogens is 1. The fraction of sp³-hybridized carbons (Fsp3) is 0.222. The first kappa shape index (κ1) is 16.4. The molecule has 1 aromatic heterocycles. The van der Waals surface area contributed by atoms with E-state index in [9.17, 15) is 9.18 Å². The second-order valence-corrected chi connectivity index (χ2v) is 6.41. The fourth-order valence-electron chi connectivity index (χ4n) is 2.22. The van der Waals surface area contributed by atoms with Crippen LogP contribution in [0.4, 0.5) is 9.52 Å². The van der Waals surface area contributed by atoms with Gasteiger partial charge in [-0.1, -0.05) is 24.3 Å². The molecule has 0 saturated heterocycles. The van der Waals surface area contributed by atoms with Crippen LogP contribution in [0, 0.1) is 5.82 Å². The number of rotatable bonds is 5. The van der Waals surface area contributed by atoms with Gasteiger partial charge in [-0.2, -0.15) is 0 Å². The summed E-state index contributed by atoms with van der Waals surface area (Å²) in [5.74, 6) is -0.203. The molecular weight excluding hydrogens is 327 g/mol. The number of carbonyl (C=O) groups excluding carboxylic acids is 1. The van der Waals surface area contributed by atoms with E-state index < -0.39 is 6.10 Å². The number of anilines is 1. The quantitative estimate of drug-likeness (QED) is 0.746. The molecule has 1 atom stereocenters. The minimum atomic E-state index is -0.714. The van der Waals surface area contributed by atoms with Crippen LogP contribution in [0.15, 0.2) is 42.5 Å². The zero-order valence-electron chi connectivity index (χ0n) is 13.4. The Labute approximate surface area is 143 Å². The van der Waals surface area contributed by atoms with Crippen molar-refractivity contribution in [3.05, 3.63) is 53.8 Å². The molecular formula is C18H17FN2O2S. The summed E-state index contributed by atoms with van der Waals surface area (Å²) in [6.45, 7) is 3.74. The van der Waals surface area contributed by atoms with E-state index in [0.29, 0.717) is 10.9 Å². The highest BCUT2D eigenvalue weighted by Gasteiger charge is 2.17. The monoisotopic (exact) mass is 344 g/mol. The number of hydrogen-bond donors (Lipinski definition) is 1. The Kier molecular flexibility index (Phi) is 4.76. The number of ether oxygens (including phenoxy) is 1. The minimum absolute atomic E-state index is 0.297. The minimum Gasteiger partial charge on any atom is -0.481 e. The Morgan fingerprint density at radius 2 is 2.04 bits per heavy atom. The van der Waals surface area contributed by atoms with Crippen molar-refractivity contribution in [3.8, 4) is 5.75 Å². The molecule has 24 heavy (non-hydrogen) atoms. The molecule has 6 heteroatoms. The maximum atomic E-state index is 12.9. The molecule has 124 valence electrons. The van der Waals surface area contributed by atoms with Crippen molar-refractivity contribution in [2.24, 2.45) is 0 Å². The van der Waals surface area contributed by atoms with Crippen LogP contribution in [0.25, 0.3) is 10.2 Å². The van der Waals surface area contributed by atoms with Gasteiger partial charge in [-0.05, 0) is 55.3 Å². The van der Waals surface area contributed by atoms with Crippen molar-refractivity contribution in [2.75, 3.05) is 5.32 Å². The number of aryl methyl sites for hydroxylation is 1. The second kappa shape index (κ2) is 6.97. The molecule has 0 bridgehead atoms. The number of aromatic nitrogens is 1. The molecule has 2 aromatic carbocycles. The van der Waals surface area contributed by atoms with Gasteiger partial charge in [0.25, 0.3) is 5.91 Å². The van der Waals surface area contributed by atoms with Gasteiger partial charge in [0.1, 0.15) is 11.6 Å². The van der Waals surface area contributed by atoms with Crippen molar-refractivity contribution in [3.63, 3.8) is 0 Å². The summed E-state index contributed by atoms with van der Waals surface area (Å²) in [6, 6.07) is 11.6. The van der Waals surface area contributed by atoms with Crippen LogP contribution in [0.3, 0.4) is 0 Å². The molecule has 1 N–H and O–H groups in total. The van der Waals surface area contributed by atoms with Crippen molar-refractivity contribution in [2.45, 2.75) is 26.4 Å². The highest BCUT2D eigenvalue weighted by atomic mass is 32.1. The van der Waals surface area contributed by atoms with Gasteiger partial charge in [0.2, 0.25) is 0 Å². The molecule has 0 aliphatic heterocycles. The number of thiazole rings is 1. The van der Waals surface area contributed by atoms with Gasteiger partial charge < -0.3 is 4.74 Å². The van der Waals surface area contributed by atoms with E-state index in [1.165, 1.54) is 41.2 Å². The normalized spacial score (nSPS) is 12.1. The molecule has 3 rings (SSSR count). The standard InChI is InChI=1S/C18H17FN2O2S/c1-3-12-4-9-15-16(10-12)24-18(20-15)21-17(22)11(2)23-14-7-5-13(19)6-8-14/h4-11H,3H2,1-2H3,(H,20,21,22). The van der Waals surface area contributed by atoms with Gasteiger partial charge in [0.05, 0.1) is 10.2 Å². The lowest BCUT2D eigenvalue weighted by Crippen LogP contribution is -2.30. The van der Waals surface area contributed by atoms with E-state index in [0.717, 1.165) is 16.6 Å². The van der Waals surface area contributed by atoms with Crippen molar-refractivity contribution >= 4 is 32.6 Å². The zero-order chi connectivity index (χ0) is 17.1. The predicted molar refractivity (Wildman–Crippen MR) is 94.1 cm³/mol. The summed E-state index contributed by atoms with van der Waals surface area (Å²) in [5, 5.41) is 3.31. The second-order valence-electron chi connectivity index (χ2n) is 5.38. The number of carbonyl (C=O) groups is 1. The lowest BCUT2D eigenvalue weighted by atomic mass is 10.2. The first-order valence-electron chi connectivity index (χ1n) is 7.67. The van der Waals surface area contributed by atoms with Gasteiger partial charge in [0.15, 0.2) is 11.2 Å². The molecule has 0 radical (unpaired) electrons. The highest BCUT2D eigenvalue weighted by molar-refractivity contribution is 7.22. The number of nitrogens with one attached hydrogen (secondary N) is 1. The number of benzene rings is 2.